The van der Waals surface area contributed by atoms with Crippen molar-refractivity contribution in [2.24, 2.45) is 0 Å². The van der Waals surface area contributed by atoms with Gasteiger partial charge in [0.1, 0.15) is 0 Å². The van der Waals surface area contributed by atoms with Gasteiger partial charge in [0, 0.05) is 0 Å². The predicted molar refractivity (Wildman–Crippen MR) is 86.7 cm³/mol. The second kappa shape index (κ2) is 5.38. The van der Waals surface area contributed by atoms with Crippen LogP contribution in [-0.4, -0.2) is 24.5 Å². The Kier molecular flexibility index (Phi) is 4.23. The van der Waals surface area contributed by atoms with E-state index in [1.807, 2.05) is 27.7 Å². The summed E-state index contributed by atoms with van der Waals surface area (Å²) in [4.78, 5) is 0. The van der Waals surface area contributed by atoms with Crippen LogP contribution in [0.1, 0.15) is 44.4 Å². The molecule has 0 amide bonds. The van der Waals surface area contributed by atoms with Crippen molar-refractivity contribution < 1.29 is 22.5 Å². The van der Waals surface area contributed by atoms with Crippen molar-refractivity contribution >= 4 is 18.2 Å². The summed E-state index contributed by atoms with van der Waals surface area (Å²) in [5.41, 5.74) is 0.226. The van der Waals surface area contributed by atoms with E-state index in [-0.39, 0.29) is 5.56 Å². The highest BCUT2D eigenvalue weighted by Crippen LogP contribution is 2.38. The first-order valence-corrected chi connectivity index (χ1v) is 7.49. The molecule has 1 saturated heterocycles. The van der Waals surface area contributed by atoms with Gasteiger partial charge in [-0.3, -0.25) is 0 Å². The van der Waals surface area contributed by atoms with Crippen LogP contribution in [0.4, 0.5) is 13.2 Å². The van der Waals surface area contributed by atoms with E-state index < -0.39 is 30.1 Å². The quantitative estimate of drug-likeness (QED) is 0.759. The molecule has 0 radical (unpaired) electrons. The van der Waals surface area contributed by atoms with Crippen LogP contribution in [0.3, 0.4) is 0 Å². The lowest BCUT2D eigenvalue weighted by molar-refractivity contribution is -0.0687. The van der Waals surface area contributed by atoms with Crippen LogP contribution < -0.4 is 5.46 Å². The number of benzene rings is 1. The summed E-state index contributed by atoms with van der Waals surface area (Å²) < 4.78 is 50.7. The number of allylic oxidation sites excluding steroid dienone is 1. The number of rotatable bonds is 2. The van der Waals surface area contributed by atoms with Crippen LogP contribution in [0, 0.1) is 13.8 Å². The minimum absolute atomic E-state index is 0.107. The van der Waals surface area contributed by atoms with E-state index in [1.54, 1.807) is 19.9 Å². The molecule has 0 spiro atoms. The summed E-state index contributed by atoms with van der Waals surface area (Å²) >= 11 is 0. The average Bonchev–Trinajstić information content (AvgIpc) is 2.58. The Morgan fingerprint density at radius 3 is 1.91 bits per heavy atom. The lowest BCUT2D eigenvalue weighted by atomic mass is 9.74. The van der Waals surface area contributed by atoms with E-state index in [0.717, 1.165) is 5.46 Å². The highest BCUT2D eigenvalue weighted by Gasteiger charge is 2.52. The molecule has 0 N–H and O–H groups in total. The average molecular weight is 326 g/mol. The van der Waals surface area contributed by atoms with Crippen molar-refractivity contribution in [2.45, 2.75) is 58.9 Å². The highest BCUT2D eigenvalue weighted by molar-refractivity contribution is 6.62. The molecule has 0 atom stereocenters. The Balaban J connectivity index is 2.41. The lowest BCUT2D eigenvalue weighted by Gasteiger charge is -2.32. The summed E-state index contributed by atoms with van der Waals surface area (Å²) in [5, 5.41) is 0. The third-order valence-electron chi connectivity index (χ3n) is 4.79. The van der Waals surface area contributed by atoms with Gasteiger partial charge in [-0.15, -0.1) is 0 Å². The summed E-state index contributed by atoms with van der Waals surface area (Å²) in [7, 11) is -0.591. The van der Waals surface area contributed by atoms with Gasteiger partial charge in [0.25, 0.3) is 0 Å². The lowest BCUT2D eigenvalue weighted by Crippen LogP contribution is -2.41. The molecular formula is C17H22BF3O2. The molecule has 1 aromatic carbocycles. The molecule has 1 aliphatic heterocycles. The molecule has 0 aromatic heterocycles. The smallest absolute Gasteiger partial charge is 0.399 e. The van der Waals surface area contributed by atoms with E-state index in [4.69, 9.17) is 9.31 Å². The van der Waals surface area contributed by atoms with Crippen LogP contribution >= 0.6 is 0 Å². The molecule has 1 aromatic rings. The van der Waals surface area contributed by atoms with Gasteiger partial charge in [-0.05, 0) is 58.1 Å². The first-order valence-electron chi connectivity index (χ1n) is 7.49. The molecular weight excluding hydrogens is 304 g/mol. The molecule has 23 heavy (non-hydrogen) atoms. The van der Waals surface area contributed by atoms with Crippen LogP contribution in [0.15, 0.2) is 18.7 Å². The fourth-order valence-electron chi connectivity index (χ4n) is 2.54. The van der Waals surface area contributed by atoms with Crippen LogP contribution in [-0.2, 0) is 9.31 Å². The standard InChI is InChI=1S/C17H22BF3O2/c1-10-9-14(18-22-15(4,5)16(6,7)23-18)11(2)8-13(10)12(3)17(19,20)21/h8-9H,3H2,1-2,4-7H3. The van der Waals surface area contributed by atoms with Crippen molar-refractivity contribution in [3.63, 3.8) is 0 Å². The fraction of sp³-hybridized carbons (Fsp3) is 0.529. The van der Waals surface area contributed by atoms with Crippen molar-refractivity contribution in [1.82, 2.24) is 0 Å². The molecule has 0 bridgehead atoms. The van der Waals surface area contributed by atoms with E-state index in [2.05, 4.69) is 6.58 Å². The summed E-state index contributed by atoms with van der Waals surface area (Å²) in [6.07, 6.45) is -4.44. The number of aryl methyl sites for hydroxylation is 2. The van der Waals surface area contributed by atoms with E-state index in [1.165, 1.54) is 6.07 Å². The molecule has 126 valence electrons. The van der Waals surface area contributed by atoms with E-state index >= 15 is 0 Å². The zero-order valence-electron chi connectivity index (χ0n) is 14.4. The van der Waals surface area contributed by atoms with E-state index in [9.17, 15) is 13.2 Å². The summed E-state index contributed by atoms with van der Waals surface area (Å²) in [6.45, 7) is 14.3. The Morgan fingerprint density at radius 2 is 1.48 bits per heavy atom. The number of hydrogen-bond acceptors (Lipinski definition) is 2. The molecule has 1 heterocycles. The van der Waals surface area contributed by atoms with E-state index in [0.29, 0.717) is 11.1 Å². The highest BCUT2D eigenvalue weighted by atomic mass is 19.4. The van der Waals surface area contributed by atoms with Crippen LogP contribution in [0.2, 0.25) is 0 Å². The molecule has 0 saturated carbocycles. The van der Waals surface area contributed by atoms with Gasteiger partial charge in [-0.25, -0.2) is 0 Å². The molecule has 1 fully saturated rings. The maximum atomic E-state index is 12.9. The van der Waals surface area contributed by atoms with Gasteiger partial charge >= 0.3 is 13.3 Å². The Morgan fingerprint density at radius 1 is 1.00 bits per heavy atom. The zero-order valence-corrected chi connectivity index (χ0v) is 14.4. The second-order valence-electron chi connectivity index (χ2n) is 7.09. The number of alkyl halides is 3. The normalized spacial score (nSPS) is 20.0. The van der Waals surface area contributed by atoms with Crippen molar-refractivity contribution in [2.75, 3.05) is 0 Å². The van der Waals surface area contributed by atoms with Gasteiger partial charge in [0.15, 0.2) is 0 Å². The van der Waals surface area contributed by atoms with Gasteiger partial charge < -0.3 is 9.31 Å². The fourth-order valence-corrected chi connectivity index (χ4v) is 2.54. The number of halogens is 3. The van der Waals surface area contributed by atoms with Crippen molar-refractivity contribution in [3.05, 3.63) is 35.4 Å². The maximum absolute atomic E-state index is 12.9. The van der Waals surface area contributed by atoms with Gasteiger partial charge in [0.05, 0.1) is 16.8 Å². The predicted octanol–water partition coefficient (Wildman–Crippen LogP) is 4.18. The molecule has 2 rings (SSSR count). The monoisotopic (exact) mass is 326 g/mol. The Labute approximate surface area is 135 Å². The molecule has 0 aliphatic carbocycles. The van der Waals surface area contributed by atoms with Gasteiger partial charge in [0.2, 0.25) is 0 Å². The first-order chi connectivity index (χ1) is 10.3. The second-order valence-corrected chi connectivity index (χ2v) is 7.09. The van der Waals surface area contributed by atoms with Crippen LogP contribution in [0.5, 0.6) is 0 Å². The van der Waals surface area contributed by atoms with Crippen molar-refractivity contribution in [3.8, 4) is 0 Å². The molecule has 2 nitrogen and oxygen atoms in total. The van der Waals surface area contributed by atoms with Crippen LogP contribution in [0.25, 0.3) is 5.57 Å². The van der Waals surface area contributed by atoms with Crippen molar-refractivity contribution in [1.29, 1.82) is 0 Å². The Bertz CT molecular complexity index is 632. The summed E-state index contributed by atoms with van der Waals surface area (Å²) in [6, 6.07) is 3.20. The minimum Gasteiger partial charge on any atom is -0.399 e. The SMILES string of the molecule is C=C(c1cc(C)c(B2OC(C)(C)C(C)(C)O2)cc1C)C(F)(F)F. The third-order valence-corrected chi connectivity index (χ3v) is 4.79. The van der Waals surface area contributed by atoms with Gasteiger partial charge in [-0.2, -0.15) is 13.2 Å². The number of hydrogen-bond donors (Lipinski definition) is 0. The molecule has 1 aliphatic rings. The molecule has 0 unspecified atom stereocenters. The minimum atomic E-state index is -4.44. The largest absolute Gasteiger partial charge is 0.495 e. The Hall–Kier alpha value is -1.27. The zero-order chi connectivity index (χ0) is 17.8. The maximum Gasteiger partial charge on any atom is 0.495 e. The summed E-state index contributed by atoms with van der Waals surface area (Å²) in [5.74, 6) is 0. The first kappa shape index (κ1) is 18.1. The third kappa shape index (κ3) is 3.19. The van der Waals surface area contributed by atoms with Gasteiger partial charge in [-0.1, -0.05) is 24.3 Å². The molecule has 6 heteroatoms. The topological polar surface area (TPSA) is 18.5 Å².